The Bertz CT molecular complexity index is 591. The Labute approximate surface area is 128 Å². The van der Waals surface area contributed by atoms with Crippen molar-refractivity contribution in [2.45, 2.75) is 40.2 Å². The highest BCUT2D eigenvalue weighted by molar-refractivity contribution is 7.92. The lowest BCUT2D eigenvalue weighted by molar-refractivity contribution is 0.456. The summed E-state index contributed by atoms with van der Waals surface area (Å²) in [4.78, 5) is 0. The van der Waals surface area contributed by atoms with Crippen LogP contribution in [-0.4, -0.2) is 27.3 Å². The van der Waals surface area contributed by atoms with Crippen LogP contribution in [0.3, 0.4) is 0 Å². The molecule has 1 aliphatic rings. The number of hydrogen-bond acceptors (Lipinski definition) is 3. The molecule has 0 fully saturated rings. The monoisotopic (exact) mass is 310 g/mol. The number of benzene rings is 1. The average molecular weight is 310 g/mol. The summed E-state index contributed by atoms with van der Waals surface area (Å²) >= 11 is 0. The minimum absolute atomic E-state index is 0.167. The number of fused-ring (bicyclic) bond motifs is 1. The van der Waals surface area contributed by atoms with Crippen LogP contribution in [0.5, 0.6) is 0 Å². The van der Waals surface area contributed by atoms with E-state index >= 15 is 0 Å². The molecule has 5 heteroatoms. The molecule has 118 valence electrons. The molecule has 1 atom stereocenters. The third kappa shape index (κ3) is 3.77. The maximum absolute atomic E-state index is 12.7. The van der Waals surface area contributed by atoms with Crippen molar-refractivity contribution in [2.75, 3.05) is 23.1 Å². The smallest absolute Gasteiger partial charge is 0.235 e. The van der Waals surface area contributed by atoms with E-state index in [-0.39, 0.29) is 17.2 Å². The molecule has 1 aromatic carbocycles. The molecular weight excluding hydrogens is 284 g/mol. The fraction of sp³-hybridized carbons (Fsp3) is 0.625. The molecule has 0 aromatic heterocycles. The van der Waals surface area contributed by atoms with Gasteiger partial charge in [0.25, 0.3) is 0 Å². The number of anilines is 1. The molecule has 0 spiro atoms. The maximum atomic E-state index is 12.7. The van der Waals surface area contributed by atoms with Crippen LogP contribution in [0.25, 0.3) is 0 Å². The van der Waals surface area contributed by atoms with Gasteiger partial charge in [0.2, 0.25) is 10.0 Å². The van der Waals surface area contributed by atoms with Crippen LogP contribution in [0.15, 0.2) is 24.3 Å². The SMILES string of the molecule is CCNC1CCN(S(=O)(=O)CC(C)(C)C)c2ccccc21. The second kappa shape index (κ2) is 5.97. The first kappa shape index (κ1) is 16.3. The highest BCUT2D eigenvalue weighted by atomic mass is 32.2. The number of sulfonamides is 1. The Morgan fingerprint density at radius 2 is 1.95 bits per heavy atom. The van der Waals surface area contributed by atoms with Gasteiger partial charge >= 0.3 is 0 Å². The van der Waals surface area contributed by atoms with Gasteiger partial charge in [-0.05, 0) is 30.0 Å². The Balaban J connectivity index is 2.37. The second-order valence-corrected chi connectivity index (χ2v) is 8.74. The van der Waals surface area contributed by atoms with Crippen LogP contribution in [0.1, 0.15) is 45.7 Å². The van der Waals surface area contributed by atoms with Gasteiger partial charge in [0, 0.05) is 12.6 Å². The van der Waals surface area contributed by atoms with E-state index in [9.17, 15) is 8.42 Å². The summed E-state index contributed by atoms with van der Waals surface area (Å²) in [5.41, 5.74) is 1.67. The van der Waals surface area contributed by atoms with Gasteiger partial charge in [-0.25, -0.2) is 8.42 Å². The van der Waals surface area contributed by atoms with E-state index in [1.807, 2.05) is 45.0 Å². The quantitative estimate of drug-likeness (QED) is 0.930. The Morgan fingerprint density at radius 3 is 2.57 bits per heavy atom. The predicted octanol–water partition coefficient (Wildman–Crippen LogP) is 2.92. The van der Waals surface area contributed by atoms with E-state index in [1.54, 1.807) is 4.31 Å². The first-order valence-corrected chi connectivity index (χ1v) is 9.18. The summed E-state index contributed by atoms with van der Waals surface area (Å²) in [6.07, 6.45) is 0.814. The van der Waals surface area contributed by atoms with Crippen molar-refractivity contribution in [1.29, 1.82) is 0 Å². The van der Waals surface area contributed by atoms with Gasteiger partial charge in [-0.15, -0.1) is 0 Å². The molecule has 0 radical (unpaired) electrons. The first-order chi connectivity index (χ1) is 9.74. The number of para-hydroxylation sites is 1. The maximum Gasteiger partial charge on any atom is 0.235 e. The zero-order valence-corrected chi connectivity index (χ0v) is 14.2. The summed E-state index contributed by atoms with van der Waals surface area (Å²) in [6.45, 7) is 9.39. The summed E-state index contributed by atoms with van der Waals surface area (Å²) in [5, 5.41) is 3.44. The van der Waals surface area contributed by atoms with Crippen LogP contribution in [0.2, 0.25) is 0 Å². The lowest BCUT2D eigenvalue weighted by atomic mass is 9.98. The van der Waals surface area contributed by atoms with Crippen LogP contribution in [0.4, 0.5) is 5.69 Å². The van der Waals surface area contributed by atoms with Crippen LogP contribution < -0.4 is 9.62 Å². The van der Waals surface area contributed by atoms with Crippen molar-refractivity contribution in [3.8, 4) is 0 Å². The van der Waals surface area contributed by atoms with E-state index in [2.05, 4.69) is 12.2 Å². The third-order valence-corrected chi connectivity index (χ3v) is 5.89. The lowest BCUT2D eigenvalue weighted by Crippen LogP contribution is -2.42. The first-order valence-electron chi connectivity index (χ1n) is 7.57. The topological polar surface area (TPSA) is 49.4 Å². The fourth-order valence-electron chi connectivity index (χ4n) is 2.90. The Morgan fingerprint density at radius 1 is 1.29 bits per heavy atom. The predicted molar refractivity (Wildman–Crippen MR) is 88.1 cm³/mol. The molecule has 0 saturated heterocycles. The molecule has 1 aromatic rings. The number of rotatable bonds is 4. The van der Waals surface area contributed by atoms with E-state index in [0.29, 0.717) is 6.54 Å². The van der Waals surface area contributed by atoms with Crippen LogP contribution in [0, 0.1) is 5.41 Å². The van der Waals surface area contributed by atoms with Crippen molar-refractivity contribution < 1.29 is 8.42 Å². The molecule has 2 rings (SSSR count). The summed E-state index contributed by atoms with van der Waals surface area (Å²) < 4.78 is 27.1. The molecule has 0 saturated carbocycles. The molecule has 1 N–H and O–H groups in total. The standard InChI is InChI=1S/C16H26N2O2S/c1-5-17-14-10-11-18(15-9-7-6-8-13(14)15)21(19,20)12-16(2,3)4/h6-9,14,17H,5,10-12H2,1-4H3. The van der Waals surface area contributed by atoms with Gasteiger partial charge in [-0.1, -0.05) is 45.9 Å². The summed E-state index contributed by atoms with van der Waals surface area (Å²) in [6, 6.07) is 8.07. The fourth-order valence-corrected chi connectivity index (χ4v) is 5.00. The zero-order valence-electron chi connectivity index (χ0n) is 13.4. The van der Waals surface area contributed by atoms with Crippen molar-refractivity contribution in [1.82, 2.24) is 5.32 Å². The molecule has 1 aliphatic heterocycles. The van der Waals surface area contributed by atoms with Gasteiger partial charge in [0.15, 0.2) is 0 Å². The molecule has 21 heavy (non-hydrogen) atoms. The van der Waals surface area contributed by atoms with Crippen molar-refractivity contribution in [3.05, 3.63) is 29.8 Å². The molecule has 4 nitrogen and oxygen atoms in total. The minimum atomic E-state index is -3.29. The number of nitrogens with zero attached hydrogens (tertiary/aromatic N) is 1. The Hall–Kier alpha value is -1.07. The van der Waals surface area contributed by atoms with Gasteiger partial charge in [-0.3, -0.25) is 4.31 Å². The molecular formula is C16H26N2O2S. The second-order valence-electron chi connectivity index (χ2n) is 6.85. The molecule has 1 unspecified atom stereocenters. The minimum Gasteiger partial charge on any atom is -0.310 e. The largest absolute Gasteiger partial charge is 0.310 e. The normalized spacial score (nSPS) is 19.4. The number of hydrogen-bond donors (Lipinski definition) is 1. The number of nitrogens with one attached hydrogen (secondary N) is 1. The van der Waals surface area contributed by atoms with E-state index in [0.717, 1.165) is 24.2 Å². The van der Waals surface area contributed by atoms with Gasteiger partial charge < -0.3 is 5.32 Å². The summed E-state index contributed by atoms with van der Waals surface area (Å²) in [5.74, 6) is 0.167. The van der Waals surface area contributed by atoms with Crippen molar-refractivity contribution >= 4 is 15.7 Å². The van der Waals surface area contributed by atoms with E-state index < -0.39 is 10.0 Å². The summed E-state index contributed by atoms with van der Waals surface area (Å²) in [7, 11) is -3.29. The van der Waals surface area contributed by atoms with Crippen LogP contribution in [-0.2, 0) is 10.0 Å². The van der Waals surface area contributed by atoms with Gasteiger partial charge in [0.1, 0.15) is 0 Å². The zero-order chi connectivity index (χ0) is 15.7. The van der Waals surface area contributed by atoms with Gasteiger partial charge in [0.05, 0.1) is 11.4 Å². The van der Waals surface area contributed by atoms with Crippen molar-refractivity contribution in [3.63, 3.8) is 0 Å². The van der Waals surface area contributed by atoms with E-state index in [4.69, 9.17) is 0 Å². The third-order valence-electron chi connectivity index (χ3n) is 3.60. The van der Waals surface area contributed by atoms with E-state index in [1.165, 1.54) is 0 Å². The van der Waals surface area contributed by atoms with Crippen LogP contribution >= 0.6 is 0 Å². The van der Waals surface area contributed by atoms with Gasteiger partial charge in [-0.2, -0.15) is 0 Å². The lowest BCUT2D eigenvalue weighted by Gasteiger charge is -2.36. The molecule has 0 bridgehead atoms. The highest BCUT2D eigenvalue weighted by Gasteiger charge is 2.33. The van der Waals surface area contributed by atoms with Crippen molar-refractivity contribution in [2.24, 2.45) is 5.41 Å². The average Bonchev–Trinajstić information content (AvgIpc) is 2.36. The Kier molecular flexibility index (Phi) is 4.63. The molecule has 1 heterocycles. The highest BCUT2D eigenvalue weighted by Crippen LogP contribution is 2.36. The molecule has 0 aliphatic carbocycles. The molecule has 0 amide bonds.